The maximum absolute atomic E-state index is 5.32. The van der Waals surface area contributed by atoms with Gasteiger partial charge in [-0.25, -0.2) is 4.98 Å². The van der Waals surface area contributed by atoms with E-state index in [0.29, 0.717) is 5.89 Å². The highest BCUT2D eigenvalue weighted by atomic mass is 16.3. The summed E-state index contributed by atoms with van der Waals surface area (Å²) in [6.07, 6.45) is 5.14. The number of aryl methyl sites for hydroxylation is 1. The van der Waals surface area contributed by atoms with Crippen molar-refractivity contribution in [3.05, 3.63) is 53.8 Å². The summed E-state index contributed by atoms with van der Waals surface area (Å²) >= 11 is 0. The zero-order valence-electron chi connectivity index (χ0n) is 12.4. The standard InChI is InChI=1S/C16H17N5O/c1-12-2-3-13(18-9-12)10-20-5-6-21-14(11-20)8-15(19-21)16-17-4-7-22-16/h2-4,7-9H,5-6,10-11H2,1H3. The lowest BCUT2D eigenvalue weighted by atomic mass is 10.2. The van der Waals surface area contributed by atoms with Crippen LogP contribution in [0.2, 0.25) is 0 Å². The van der Waals surface area contributed by atoms with Crippen molar-refractivity contribution in [2.45, 2.75) is 26.6 Å². The molecule has 0 fully saturated rings. The summed E-state index contributed by atoms with van der Waals surface area (Å²) in [6, 6.07) is 6.26. The van der Waals surface area contributed by atoms with Crippen LogP contribution in [0.25, 0.3) is 11.6 Å². The van der Waals surface area contributed by atoms with Crippen LogP contribution in [-0.2, 0) is 19.6 Å². The average molecular weight is 295 g/mol. The minimum Gasteiger partial charge on any atom is -0.443 e. The maximum Gasteiger partial charge on any atom is 0.246 e. The van der Waals surface area contributed by atoms with Gasteiger partial charge in [-0.15, -0.1) is 0 Å². The molecule has 0 bridgehead atoms. The molecule has 0 amide bonds. The van der Waals surface area contributed by atoms with Gasteiger partial charge in [0.25, 0.3) is 0 Å². The molecule has 6 heteroatoms. The number of hydrogen-bond acceptors (Lipinski definition) is 5. The number of pyridine rings is 1. The maximum atomic E-state index is 5.32. The van der Waals surface area contributed by atoms with E-state index in [1.807, 2.05) is 10.9 Å². The lowest BCUT2D eigenvalue weighted by Crippen LogP contribution is -2.33. The Bertz CT molecular complexity index is 760. The Balaban J connectivity index is 1.50. The highest BCUT2D eigenvalue weighted by molar-refractivity contribution is 5.47. The van der Waals surface area contributed by atoms with Gasteiger partial charge in [0, 0.05) is 25.8 Å². The van der Waals surface area contributed by atoms with Gasteiger partial charge in [0.1, 0.15) is 12.0 Å². The first kappa shape index (κ1) is 13.2. The van der Waals surface area contributed by atoms with Crippen LogP contribution in [0, 0.1) is 6.92 Å². The molecular weight excluding hydrogens is 278 g/mol. The molecule has 112 valence electrons. The quantitative estimate of drug-likeness (QED) is 0.741. The summed E-state index contributed by atoms with van der Waals surface area (Å²) < 4.78 is 7.36. The summed E-state index contributed by atoms with van der Waals surface area (Å²) in [6.45, 7) is 5.63. The van der Waals surface area contributed by atoms with Crippen LogP contribution in [0.5, 0.6) is 0 Å². The predicted molar refractivity (Wildman–Crippen MR) is 80.8 cm³/mol. The Morgan fingerprint density at radius 2 is 2.18 bits per heavy atom. The lowest BCUT2D eigenvalue weighted by Gasteiger charge is -2.27. The van der Waals surface area contributed by atoms with Crippen LogP contribution in [0.1, 0.15) is 17.0 Å². The second kappa shape index (κ2) is 5.38. The Morgan fingerprint density at radius 1 is 1.23 bits per heavy atom. The molecule has 4 heterocycles. The van der Waals surface area contributed by atoms with Gasteiger partial charge in [0.2, 0.25) is 5.89 Å². The molecule has 1 aliphatic heterocycles. The molecule has 0 unspecified atom stereocenters. The van der Waals surface area contributed by atoms with Gasteiger partial charge in [0.15, 0.2) is 0 Å². The van der Waals surface area contributed by atoms with E-state index in [2.05, 4.69) is 45.1 Å². The van der Waals surface area contributed by atoms with E-state index in [0.717, 1.165) is 37.6 Å². The first-order valence-electron chi connectivity index (χ1n) is 7.38. The molecule has 0 spiro atoms. The molecule has 6 nitrogen and oxygen atoms in total. The predicted octanol–water partition coefficient (Wildman–Crippen LogP) is 2.26. The van der Waals surface area contributed by atoms with Crippen molar-refractivity contribution in [2.24, 2.45) is 0 Å². The van der Waals surface area contributed by atoms with Crippen molar-refractivity contribution in [3.63, 3.8) is 0 Å². The summed E-state index contributed by atoms with van der Waals surface area (Å²) in [7, 11) is 0. The second-order valence-electron chi connectivity index (χ2n) is 5.62. The first-order valence-corrected chi connectivity index (χ1v) is 7.38. The lowest BCUT2D eigenvalue weighted by molar-refractivity contribution is 0.203. The van der Waals surface area contributed by atoms with E-state index in [-0.39, 0.29) is 0 Å². The van der Waals surface area contributed by atoms with E-state index in [1.54, 1.807) is 12.5 Å². The number of aromatic nitrogens is 4. The summed E-state index contributed by atoms with van der Waals surface area (Å²) in [4.78, 5) is 11.0. The van der Waals surface area contributed by atoms with Gasteiger partial charge in [-0.3, -0.25) is 14.6 Å². The third-order valence-electron chi connectivity index (χ3n) is 3.89. The molecule has 0 saturated heterocycles. The fraction of sp³-hybridized carbons (Fsp3) is 0.312. The van der Waals surface area contributed by atoms with Gasteiger partial charge < -0.3 is 4.42 Å². The molecule has 0 aliphatic carbocycles. The number of oxazole rings is 1. The topological polar surface area (TPSA) is 60.0 Å². The number of rotatable bonds is 3. The van der Waals surface area contributed by atoms with E-state index in [4.69, 9.17) is 4.42 Å². The number of nitrogens with zero attached hydrogens (tertiary/aromatic N) is 5. The first-order chi connectivity index (χ1) is 10.8. The molecule has 0 radical (unpaired) electrons. The van der Waals surface area contributed by atoms with Crippen molar-refractivity contribution in [1.82, 2.24) is 24.6 Å². The van der Waals surface area contributed by atoms with Crippen LogP contribution in [0.3, 0.4) is 0 Å². The molecule has 0 atom stereocenters. The highest BCUT2D eigenvalue weighted by Crippen LogP contribution is 2.21. The molecule has 22 heavy (non-hydrogen) atoms. The average Bonchev–Trinajstić information content (AvgIpc) is 3.17. The van der Waals surface area contributed by atoms with Crippen molar-refractivity contribution < 1.29 is 4.42 Å². The summed E-state index contributed by atoms with van der Waals surface area (Å²) in [5, 5.41) is 4.56. The fourth-order valence-corrected chi connectivity index (χ4v) is 2.73. The van der Waals surface area contributed by atoms with Crippen molar-refractivity contribution >= 4 is 0 Å². The zero-order chi connectivity index (χ0) is 14.9. The van der Waals surface area contributed by atoms with E-state index < -0.39 is 0 Å². The van der Waals surface area contributed by atoms with Gasteiger partial charge >= 0.3 is 0 Å². The minimum absolute atomic E-state index is 0.577. The van der Waals surface area contributed by atoms with Crippen LogP contribution >= 0.6 is 0 Å². The number of fused-ring (bicyclic) bond motifs is 1. The zero-order valence-corrected chi connectivity index (χ0v) is 12.4. The molecule has 0 N–H and O–H groups in total. The van der Waals surface area contributed by atoms with Crippen molar-refractivity contribution in [1.29, 1.82) is 0 Å². The monoisotopic (exact) mass is 295 g/mol. The molecular formula is C16H17N5O. The third kappa shape index (κ3) is 2.53. The Morgan fingerprint density at radius 3 is 2.95 bits per heavy atom. The Labute approximate surface area is 128 Å². The SMILES string of the molecule is Cc1ccc(CN2CCn3nc(-c4ncco4)cc3C2)nc1. The van der Waals surface area contributed by atoms with Gasteiger partial charge in [-0.05, 0) is 24.6 Å². The van der Waals surface area contributed by atoms with E-state index >= 15 is 0 Å². The Kier molecular flexibility index (Phi) is 3.23. The molecule has 3 aromatic rings. The molecule has 0 saturated carbocycles. The molecule has 0 aromatic carbocycles. The third-order valence-corrected chi connectivity index (χ3v) is 3.89. The normalized spacial score (nSPS) is 15.0. The molecule has 3 aromatic heterocycles. The van der Waals surface area contributed by atoms with Gasteiger partial charge in [-0.2, -0.15) is 5.10 Å². The second-order valence-corrected chi connectivity index (χ2v) is 5.62. The minimum atomic E-state index is 0.577. The smallest absolute Gasteiger partial charge is 0.246 e. The van der Waals surface area contributed by atoms with Crippen LogP contribution in [-0.4, -0.2) is 31.2 Å². The van der Waals surface area contributed by atoms with Crippen LogP contribution in [0.4, 0.5) is 0 Å². The van der Waals surface area contributed by atoms with Gasteiger partial charge in [-0.1, -0.05) is 6.07 Å². The molecule has 4 rings (SSSR count). The molecule has 1 aliphatic rings. The van der Waals surface area contributed by atoms with Gasteiger partial charge in [0.05, 0.1) is 24.1 Å². The summed E-state index contributed by atoms with van der Waals surface area (Å²) in [5.74, 6) is 0.577. The number of hydrogen-bond donors (Lipinski definition) is 0. The highest BCUT2D eigenvalue weighted by Gasteiger charge is 2.20. The van der Waals surface area contributed by atoms with Crippen molar-refractivity contribution in [3.8, 4) is 11.6 Å². The van der Waals surface area contributed by atoms with E-state index in [9.17, 15) is 0 Å². The largest absolute Gasteiger partial charge is 0.443 e. The fourth-order valence-electron chi connectivity index (χ4n) is 2.73. The van der Waals surface area contributed by atoms with Crippen LogP contribution < -0.4 is 0 Å². The van der Waals surface area contributed by atoms with Crippen molar-refractivity contribution in [2.75, 3.05) is 6.54 Å². The summed E-state index contributed by atoms with van der Waals surface area (Å²) in [5.41, 5.74) is 4.28. The van der Waals surface area contributed by atoms with E-state index in [1.165, 1.54) is 11.3 Å². The Hall–Kier alpha value is -2.47. The van der Waals surface area contributed by atoms with Crippen LogP contribution in [0.15, 0.2) is 41.3 Å².